The van der Waals surface area contributed by atoms with E-state index in [1.165, 1.54) is 0 Å². The molecule has 0 spiro atoms. The van der Waals surface area contributed by atoms with Gasteiger partial charge in [0.2, 0.25) is 5.91 Å². The molecule has 2 aliphatic rings. The molecule has 96 valence electrons. The first-order valence-electron chi connectivity index (χ1n) is 5.98. The van der Waals surface area contributed by atoms with Gasteiger partial charge in [0.25, 0.3) is 0 Å². The van der Waals surface area contributed by atoms with Gasteiger partial charge in [0.1, 0.15) is 0 Å². The average molecular weight is 258 g/mol. The van der Waals surface area contributed by atoms with Gasteiger partial charge in [0.05, 0.1) is 13.0 Å². The highest BCUT2D eigenvalue weighted by atomic mass is 32.2. The lowest BCUT2D eigenvalue weighted by molar-refractivity contribution is -0.141. The van der Waals surface area contributed by atoms with Crippen molar-refractivity contribution >= 4 is 23.6 Å². The number of hydrogen-bond acceptors (Lipinski definition) is 4. The fraction of sp³-hybridized carbons (Fsp3) is 0.818. The van der Waals surface area contributed by atoms with Crippen LogP contribution in [-0.2, 0) is 9.59 Å². The molecule has 1 atom stereocenters. The molecule has 0 aromatic carbocycles. The standard InChI is InChI=1S/C11H18N2O3S/c14-10(12-2-1-3-12)7-13-4-5-17-8-9(13)6-11(15)16/h9H,1-8H2,(H,15,16). The molecule has 2 rings (SSSR count). The zero-order chi connectivity index (χ0) is 12.3. The summed E-state index contributed by atoms with van der Waals surface area (Å²) in [7, 11) is 0. The Kier molecular flexibility index (Phi) is 4.28. The Hall–Kier alpha value is -0.750. The van der Waals surface area contributed by atoms with Crippen molar-refractivity contribution in [3.05, 3.63) is 0 Å². The molecule has 1 unspecified atom stereocenters. The van der Waals surface area contributed by atoms with Crippen LogP contribution in [0.3, 0.4) is 0 Å². The van der Waals surface area contributed by atoms with Gasteiger partial charge in [-0.1, -0.05) is 0 Å². The Bertz CT molecular complexity index is 307. The fourth-order valence-corrected chi connectivity index (χ4v) is 3.26. The van der Waals surface area contributed by atoms with E-state index in [1.54, 1.807) is 11.8 Å². The first kappa shape index (κ1) is 12.7. The molecular formula is C11H18N2O3S. The molecule has 0 saturated carbocycles. The number of carbonyl (C=O) groups is 2. The number of amides is 1. The van der Waals surface area contributed by atoms with E-state index in [4.69, 9.17) is 5.11 Å². The summed E-state index contributed by atoms with van der Waals surface area (Å²) in [6, 6.07) is 0.0106. The zero-order valence-corrected chi connectivity index (χ0v) is 10.6. The number of thioether (sulfide) groups is 1. The molecule has 0 radical (unpaired) electrons. The predicted molar refractivity (Wildman–Crippen MR) is 66.1 cm³/mol. The highest BCUT2D eigenvalue weighted by Crippen LogP contribution is 2.19. The van der Waals surface area contributed by atoms with Crippen LogP contribution >= 0.6 is 11.8 Å². The number of carbonyl (C=O) groups excluding carboxylic acids is 1. The van der Waals surface area contributed by atoms with E-state index >= 15 is 0 Å². The van der Waals surface area contributed by atoms with Crippen molar-refractivity contribution in [1.29, 1.82) is 0 Å². The van der Waals surface area contributed by atoms with Gasteiger partial charge in [0.15, 0.2) is 0 Å². The van der Waals surface area contributed by atoms with Crippen LogP contribution in [0.5, 0.6) is 0 Å². The molecule has 1 amide bonds. The van der Waals surface area contributed by atoms with E-state index in [0.717, 1.165) is 37.6 Å². The molecule has 2 aliphatic heterocycles. The maximum absolute atomic E-state index is 11.9. The Morgan fingerprint density at radius 2 is 2.06 bits per heavy atom. The zero-order valence-electron chi connectivity index (χ0n) is 9.80. The third kappa shape index (κ3) is 3.35. The Morgan fingerprint density at radius 3 is 2.65 bits per heavy atom. The minimum absolute atomic E-state index is 0.0106. The minimum Gasteiger partial charge on any atom is -0.481 e. The van der Waals surface area contributed by atoms with Gasteiger partial charge >= 0.3 is 5.97 Å². The van der Waals surface area contributed by atoms with Crippen LogP contribution in [0, 0.1) is 0 Å². The SMILES string of the molecule is O=C(O)CC1CSCCN1CC(=O)N1CCC1. The van der Waals surface area contributed by atoms with Crippen molar-refractivity contribution in [2.45, 2.75) is 18.9 Å². The fourth-order valence-electron chi connectivity index (χ4n) is 2.13. The summed E-state index contributed by atoms with van der Waals surface area (Å²) in [5, 5.41) is 8.85. The second-order valence-corrected chi connectivity index (χ2v) is 5.68. The summed E-state index contributed by atoms with van der Waals surface area (Å²) in [6.45, 7) is 2.94. The Morgan fingerprint density at radius 1 is 1.29 bits per heavy atom. The number of nitrogens with zero attached hydrogens (tertiary/aromatic N) is 2. The molecule has 2 heterocycles. The Labute approximate surface area is 105 Å². The van der Waals surface area contributed by atoms with Gasteiger partial charge in [-0.3, -0.25) is 14.5 Å². The third-order valence-electron chi connectivity index (χ3n) is 3.31. The maximum atomic E-state index is 11.9. The number of aliphatic carboxylic acids is 1. The van der Waals surface area contributed by atoms with Crippen molar-refractivity contribution in [2.24, 2.45) is 0 Å². The first-order valence-corrected chi connectivity index (χ1v) is 7.13. The van der Waals surface area contributed by atoms with Crippen LogP contribution in [0.4, 0.5) is 0 Å². The number of rotatable bonds is 4. The van der Waals surface area contributed by atoms with E-state index < -0.39 is 5.97 Å². The molecular weight excluding hydrogens is 240 g/mol. The summed E-state index contributed by atoms with van der Waals surface area (Å²) in [5.41, 5.74) is 0. The normalized spacial score (nSPS) is 25.4. The third-order valence-corrected chi connectivity index (χ3v) is 4.40. The molecule has 0 aromatic rings. The smallest absolute Gasteiger partial charge is 0.304 e. The molecule has 2 fully saturated rings. The first-order chi connectivity index (χ1) is 8.16. The molecule has 2 saturated heterocycles. The lowest BCUT2D eigenvalue weighted by Gasteiger charge is -2.37. The predicted octanol–water partition coefficient (Wildman–Crippen LogP) is 0.111. The molecule has 0 bridgehead atoms. The van der Waals surface area contributed by atoms with Gasteiger partial charge < -0.3 is 10.0 Å². The van der Waals surface area contributed by atoms with Gasteiger partial charge in [-0.25, -0.2) is 0 Å². The van der Waals surface area contributed by atoms with Gasteiger partial charge in [-0.05, 0) is 6.42 Å². The molecule has 17 heavy (non-hydrogen) atoms. The van der Waals surface area contributed by atoms with Gasteiger partial charge in [-0.2, -0.15) is 11.8 Å². The van der Waals surface area contributed by atoms with Crippen LogP contribution < -0.4 is 0 Å². The molecule has 6 heteroatoms. The van der Waals surface area contributed by atoms with E-state index in [2.05, 4.69) is 0 Å². The van der Waals surface area contributed by atoms with Crippen LogP contribution in [0.2, 0.25) is 0 Å². The van der Waals surface area contributed by atoms with Crippen molar-refractivity contribution in [2.75, 3.05) is 37.7 Å². The van der Waals surface area contributed by atoms with Crippen LogP contribution in [-0.4, -0.2) is 70.5 Å². The molecule has 5 nitrogen and oxygen atoms in total. The average Bonchev–Trinajstić information content (AvgIpc) is 2.17. The highest BCUT2D eigenvalue weighted by molar-refractivity contribution is 7.99. The van der Waals surface area contributed by atoms with Crippen LogP contribution in [0.1, 0.15) is 12.8 Å². The Balaban J connectivity index is 1.86. The molecule has 1 N–H and O–H groups in total. The van der Waals surface area contributed by atoms with Gasteiger partial charge in [-0.15, -0.1) is 0 Å². The monoisotopic (exact) mass is 258 g/mol. The second-order valence-electron chi connectivity index (χ2n) is 4.53. The largest absolute Gasteiger partial charge is 0.481 e. The lowest BCUT2D eigenvalue weighted by atomic mass is 10.1. The number of hydrogen-bond donors (Lipinski definition) is 1. The van der Waals surface area contributed by atoms with Gasteiger partial charge in [0, 0.05) is 37.2 Å². The summed E-state index contributed by atoms with van der Waals surface area (Å²) in [5.74, 6) is 1.18. The minimum atomic E-state index is -0.779. The molecule has 0 aromatic heterocycles. The quantitative estimate of drug-likeness (QED) is 0.775. The van der Waals surface area contributed by atoms with Crippen molar-refractivity contribution in [3.63, 3.8) is 0 Å². The number of carboxylic acid groups (broad SMARTS) is 1. The summed E-state index contributed by atoms with van der Waals surface area (Å²) >= 11 is 1.77. The van der Waals surface area contributed by atoms with Crippen LogP contribution in [0.15, 0.2) is 0 Å². The van der Waals surface area contributed by atoms with E-state index in [1.807, 2.05) is 9.80 Å². The maximum Gasteiger partial charge on any atom is 0.304 e. The topological polar surface area (TPSA) is 60.9 Å². The number of likely N-dealkylation sites (tertiary alicyclic amines) is 1. The van der Waals surface area contributed by atoms with Crippen molar-refractivity contribution < 1.29 is 14.7 Å². The summed E-state index contributed by atoms with van der Waals surface area (Å²) < 4.78 is 0. The lowest BCUT2D eigenvalue weighted by Crippen LogP contribution is -2.52. The van der Waals surface area contributed by atoms with E-state index in [0.29, 0.717) is 6.54 Å². The van der Waals surface area contributed by atoms with E-state index in [-0.39, 0.29) is 18.4 Å². The van der Waals surface area contributed by atoms with Crippen LogP contribution in [0.25, 0.3) is 0 Å². The summed E-state index contributed by atoms with van der Waals surface area (Å²) in [4.78, 5) is 26.5. The van der Waals surface area contributed by atoms with E-state index in [9.17, 15) is 9.59 Å². The van der Waals surface area contributed by atoms with Crippen molar-refractivity contribution in [3.8, 4) is 0 Å². The second kappa shape index (κ2) is 5.73. The number of carboxylic acids is 1. The highest BCUT2D eigenvalue weighted by Gasteiger charge is 2.29. The van der Waals surface area contributed by atoms with Crippen molar-refractivity contribution in [1.82, 2.24) is 9.80 Å². The summed E-state index contributed by atoms with van der Waals surface area (Å²) in [6.07, 6.45) is 1.24. The molecule has 0 aliphatic carbocycles.